The molecule has 1 aliphatic rings. The SMILES string of the molecule is CN1CC(NC(=O)c2ccc3cncc(Br)c3n2)C(C)(C)C1. The van der Waals surface area contributed by atoms with E-state index in [-0.39, 0.29) is 17.4 Å². The highest BCUT2D eigenvalue weighted by Gasteiger charge is 2.38. The lowest BCUT2D eigenvalue weighted by Crippen LogP contribution is -2.44. The van der Waals surface area contributed by atoms with E-state index in [4.69, 9.17) is 0 Å². The largest absolute Gasteiger partial charge is 0.346 e. The number of nitrogens with zero attached hydrogens (tertiary/aromatic N) is 3. The summed E-state index contributed by atoms with van der Waals surface area (Å²) < 4.78 is 0.792. The number of rotatable bonds is 2. The van der Waals surface area contributed by atoms with Crippen molar-refractivity contribution in [1.29, 1.82) is 0 Å². The van der Waals surface area contributed by atoms with Gasteiger partial charge in [-0.1, -0.05) is 13.8 Å². The zero-order chi connectivity index (χ0) is 15.9. The maximum atomic E-state index is 12.5. The van der Waals surface area contributed by atoms with Crippen LogP contribution in [0.15, 0.2) is 29.0 Å². The molecular formula is C16H19BrN4O. The summed E-state index contributed by atoms with van der Waals surface area (Å²) >= 11 is 3.43. The monoisotopic (exact) mass is 362 g/mol. The first kappa shape index (κ1) is 15.4. The number of likely N-dealkylation sites (tertiary alicyclic amines) is 1. The number of carbonyl (C=O) groups excluding carboxylic acids is 1. The Balaban J connectivity index is 1.85. The minimum absolute atomic E-state index is 0.0613. The van der Waals surface area contributed by atoms with Crippen LogP contribution >= 0.6 is 15.9 Å². The molecule has 1 amide bonds. The third kappa shape index (κ3) is 2.85. The second kappa shape index (κ2) is 5.59. The van der Waals surface area contributed by atoms with E-state index in [0.717, 1.165) is 28.5 Å². The van der Waals surface area contributed by atoms with Gasteiger partial charge in [0.25, 0.3) is 5.91 Å². The van der Waals surface area contributed by atoms with E-state index in [1.165, 1.54) is 0 Å². The van der Waals surface area contributed by atoms with Gasteiger partial charge in [0.2, 0.25) is 0 Å². The lowest BCUT2D eigenvalue weighted by atomic mass is 9.88. The lowest BCUT2D eigenvalue weighted by Gasteiger charge is -2.26. The van der Waals surface area contributed by atoms with E-state index in [9.17, 15) is 4.79 Å². The van der Waals surface area contributed by atoms with Gasteiger partial charge in [0, 0.05) is 36.9 Å². The van der Waals surface area contributed by atoms with Crippen molar-refractivity contribution in [3.05, 3.63) is 34.7 Å². The van der Waals surface area contributed by atoms with Crippen LogP contribution in [0.4, 0.5) is 0 Å². The summed E-state index contributed by atoms with van der Waals surface area (Å²) in [5.41, 5.74) is 1.25. The number of halogens is 1. The van der Waals surface area contributed by atoms with Crippen LogP contribution in [0.3, 0.4) is 0 Å². The second-order valence-corrected chi connectivity index (χ2v) is 7.46. The molecule has 0 aromatic carbocycles. The topological polar surface area (TPSA) is 58.1 Å². The maximum absolute atomic E-state index is 12.5. The zero-order valence-electron chi connectivity index (χ0n) is 12.9. The second-order valence-electron chi connectivity index (χ2n) is 6.60. The average molecular weight is 363 g/mol. The molecule has 1 atom stereocenters. The summed E-state index contributed by atoms with van der Waals surface area (Å²) in [6.45, 7) is 6.19. The first-order valence-electron chi connectivity index (χ1n) is 7.26. The summed E-state index contributed by atoms with van der Waals surface area (Å²) in [5.74, 6) is -0.126. The Morgan fingerprint density at radius 1 is 1.41 bits per heavy atom. The van der Waals surface area contributed by atoms with E-state index in [0.29, 0.717) is 5.69 Å². The van der Waals surface area contributed by atoms with E-state index in [2.05, 4.69) is 57.0 Å². The number of nitrogens with one attached hydrogen (secondary N) is 1. The normalized spacial score (nSPS) is 21.2. The molecule has 1 saturated heterocycles. The minimum atomic E-state index is -0.126. The summed E-state index contributed by atoms with van der Waals surface area (Å²) in [7, 11) is 2.08. The molecule has 5 nitrogen and oxygen atoms in total. The zero-order valence-corrected chi connectivity index (χ0v) is 14.5. The van der Waals surface area contributed by atoms with Gasteiger partial charge in [-0.3, -0.25) is 9.78 Å². The van der Waals surface area contributed by atoms with Crippen molar-refractivity contribution in [1.82, 2.24) is 20.2 Å². The standard InChI is InChI=1S/C16H19BrN4O/c1-16(2)9-21(3)8-13(16)20-15(22)12-5-4-10-6-18-7-11(17)14(10)19-12/h4-7,13H,8-9H2,1-3H3,(H,20,22). The Hall–Kier alpha value is -1.53. The highest BCUT2D eigenvalue weighted by molar-refractivity contribution is 9.10. The lowest BCUT2D eigenvalue weighted by molar-refractivity contribution is 0.0912. The number of hydrogen-bond donors (Lipinski definition) is 1. The van der Waals surface area contributed by atoms with Crippen molar-refractivity contribution in [3.63, 3.8) is 0 Å². The van der Waals surface area contributed by atoms with Gasteiger partial charge in [0.05, 0.1) is 9.99 Å². The Morgan fingerprint density at radius 3 is 2.86 bits per heavy atom. The molecule has 6 heteroatoms. The molecule has 2 aromatic heterocycles. The third-order valence-electron chi connectivity index (χ3n) is 4.21. The number of pyridine rings is 2. The first-order valence-corrected chi connectivity index (χ1v) is 8.06. The Bertz CT molecular complexity index is 731. The third-order valence-corrected chi connectivity index (χ3v) is 4.79. The van der Waals surface area contributed by atoms with Gasteiger partial charge in [0.1, 0.15) is 5.69 Å². The number of hydrogen-bond acceptors (Lipinski definition) is 4. The van der Waals surface area contributed by atoms with Gasteiger partial charge in [-0.25, -0.2) is 4.98 Å². The van der Waals surface area contributed by atoms with Crippen LogP contribution in [-0.4, -0.2) is 47.0 Å². The first-order chi connectivity index (χ1) is 10.4. The molecule has 1 N–H and O–H groups in total. The molecule has 0 bridgehead atoms. The van der Waals surface area contributed by atoms with Crippen LogP contribution in [0, 0.1) is 5.41 Å². The molecular weight excluding hydrogens is 344 g/mol. The van der Waals surface area contributed by atoms with Crippen LogP contribution < -0.4 is 5.32 Å². The van der Waals surface area contributed by atoms with Gasteiger partial charge >= 0.3 is 0 Å². The summed E-state index contributed by atoms with van der Waals surface area (Å²) in [5, 5.41) is 4.04. The minimum Gasteiger partial charge on any atom is -0.346 e. The molecule has 3 rings (SSSR count). The molecule has 2 aromatic rings. The van der Waals surface area contributed by atoms with Gasteiger partial charge in [-0.2, -0.15) is 0 Å². The van der Waals surface area contributed by atoms with E-state index in [1.807, 2.05) is 6.07 Å². The fourth-order valence-corrected chi connectivity index (χ4v) is 3.47. The van der Waals surface area contributed by atoms with Gasteiger partial charge in [-0.05, 0) is 40.5 Å². The fourth-order valence-electron chi connectivity index (χ4n) is 3.04. The van der Waals surface area contributed by atoms with Crippen molar-refractivity contribution in [2.24, 2.45) is 5.41 Å². The highest BCUT2D eigenvalue weighted by Crippen LogP contribution is 2.28. The molecule has 3 heterocycles. The molecule has 0 aliphatic carbocycles. The van der Waals surface area contributed by atoms with Crippen LogP contribution in [0.25, 0.3) is 10.9 Å². The van der Waals surface area contributed by atoms with E-state index in [1.54, 1.807) is 18.5 Å². The molecule has 0 radical (unpaired) electrons. The summed E-state index contributed by atoms with van der Waals surface area (Å²) in [6, 6.07) is 3.75. The molecule has 1 unspecified atom stereocenters. The molecule has 116 valence electrons. The Morgan fingerprint density at radius 2 is 2.18 bits per heavy atom. The number of carbonyl (C=O) groups is 1. The van der Waals surface area contributed by atoms with Crippen LogP contribution in [0.1, 0.15) is 24.3 Å². The van der Waals surface area contributed by atoms with Gasteiger partial charge in [-0.15, -0.1) is 0 Å². The Kier molecular flexibility index (Phi) is 3.91. The maximum Gasteiger partial charge on any atom is 0.270 e. The van der Waals surface area contributed by atoms with Gasteiger partial charge < -0.3 is 10.2 Å². The van der Waals surface area contributed by atoms with E-state index >= 15 is 0 Å². The smallest absolute Gasteiger partial charge is 0.270 e. The number of fused-ring (bicyclic) bond motifs is 1. The summed E-state index contributed by atoms with van der Waals surface area (Å²) in [4.78, 5) is 23.3. The van der Waals surface area contributed by atoms with Crippen molar-refractivity contribution in [2.45, 2.75) is 19.9 Å². The fraction of sp³-hybridized carbons (Fsp3) is 0.438. The molecule has 1 fully saturated rings. The predicted molar refractivity (Wildman–Crippen MR) is 89.8 cm³/mol. The molecule has 0 saturated carbocycles. The van der Waals surface area contributed by atoms with Crippen LogP contribution in [0.2, 0.25) is 0 Å². The van der Waals surface area contributed by atoms with Crippen LogP contribution in [0.5, 0.6) is 0 Å². The van der Waals surface area contributed by atoms with E-state index < -0.39 is 0 Å². The van der Waals surface area contributed by atoms with Crippen molar-refractivity contribution in [3.8, 4) is 0 Å². The Labute approximate surface area is 138 Å². The van der Waals surface area contributed by atoms with Crippen LogP contribution in [-0.2, 0) is 0 Å². The molecule has 0 spiro atoms. The molecule has 1 aliphatic heterocycles. The van der Waals surface area contributed by atoms with Crippen molar-refractivity contribution < 1.29 is 4.79 Å². The summed E-state index contributed by atoms with van der Waals surface area (Å²) in [6.07, 6.45) is 3.43. The quantitative estimate of drug-likeness (QED) is 0.891. The molecule has 22 heavy (non-hydrogen) atoms. The van der Waals surface area contributed by atoms with Crippen molar-refractivity contribution in [2.75, 3.05) is 20.1 Å². The van der Waals surface area contributed by atoms with Gasteiger partial charge in [0.15, 0.2) is 0 Å². The average Bonchev–Trinajstić information content (AvgIpc) is 2.71. The predicted octanol–water partition coefficient (Wildman–Crippen LogP) is 2.46. The van der Waals surface area contributed by atoms with Crippen molar-refractivity contribution >= 4 is 32.7 Å². The number of aromatic nitrogens is 2. The number of likely N-dealkylation sites (N-methyl/N-ethyl adjacent to an activating group) is 1. The number of amides is 1. The highest BCUT2D eigenvalue weighted by atomic mass is 79.9.